The third kappa shape index (κ3) is 3.99. The van der Waals surface area contributed by atoms with Gasteiger partial charge in [-0.2, -0.15) is 0 Å². The molecule has 1 aliphatic rings. The Kier molecular flexibility index (Phi) is 5.58. The number of benzene rings is 1. The summed E-state index contributed by atoms with van der Waals surface area (Å²) in [5, 5.41) is 7.61. The molecule has 6 heteroatoms. The zero-order valence-electron chi connectivity index (χ0n) is 13.2. The number of alkyl halides is 1. The Bertz CT molecular complexity index is 684. The van der Waals surface area contributed by atoms with Gasteiger partial charge in [-0.25, -0.2) is 8.78 Å². The maximum absolute atomic E-state index is 14.2. The van der Waals surface area contributed by atoms with Crippen LogP contribution in [0.5, 0.6) is 0 Å². The Hall–Kier alpha value is -1.79. The van der Waals surface area contributed by atoms with Gasteiger partial charge in [0.25, 0.3) is 5.91 Å². The Balaban J connectivity index is 1.60. The van der Waals surface area contributed by atoms with Gasteiger partial charge in [-0.05, 0) is 61.0 Å². The monoisotopic (exact) mass is 350 g/mol. The number of amides is 1. The van der Waals surface area contributed by atoms with Crippen LogP contribution in [0.15, 0.2) is 35.7 Å². The highest BCUT2D eigenvalue weighted by atomic mass is 32.1. The van der Waals surface area contributed by atoms with E-state index in [1.54, 1.807) is 6.07 Å². The zero-order chi connectivity index (χ0) is 16.9. The minimum absolute atomic E-state index is 0.0439. The zero-order valence-corrected chi connectivity index (χ0v) is 14.0. The lowest BCUT2D eigenvalue weighted by molar-refractivity contribution is 0.0920. The number of hydrogen-bond acceptors (Lipinski definition) is 3. The second-order valence-corrected chi connectivity index (χ2v) is 6.93. The van der Waals surface area contributed by atoms with Crippen molar-refractivity contribution in [3.8, 4) is 10.4 Å². The van der Waals surface area contributed by atoms with Crippen LogP contribution >= 0.6 is 11.3 Å². The van der Waals surface area contributed by atoms with Crippen molar-refractivity contribution in [3.63, 3.8) is 0 Å². The fourth-order valence-electron chi connectivity index (χ4n) is 2.95. The van der Waals surface area contributed by atoms with E-state index in [1.165, 1.54) is 23.5 Å². The summed E-state index contributed by atoms with van der Waals surface area (Å²) in [7, 11) is 0. The predicted octanol–water partition coefficient (Wildman–Crippen LogP) is 3.62. The molecule has 2 aromatic rings. The smallest absolute Gasteiger partial charge is 0.254 e. The van der Waals surface area contributed by atoms with E-state index in [1.807, 2.05) is 17.5 Å². The molecule has 0 aliphatic carbocycles. The third-order valence-electron chi connectivity index (χ3n) is 4.37. The van der Waals surface area contributed by atoms with Crippen molar-refractivity contribution in [2.45, 2.75) is 19.0 Å². The maximum atomic E-state index is 14.2. The molecule has 2 heterocycles. The number of piperidine rings is 1. The second kappa shape index (κ2) is 7.85. The number of halogens is 2. The summed E-state index contributed by atoms with van der Waals surface area (Å²) < 4.78 is 28.4. The molecule has 128 valence electrons. The van der Waals surface area contributed by atoms with Gasteiger partial charge in [-0.3, -0.25) is 4.79 Å². The van der Waals surface area contributed by atoms with E-state index in [0.717, 1.165) is 36.4 Å². The van der Waals surface area contributed by atoms with Crippen LogP contribution in [0.25, 0.3) is 10.4 Å². The maximum Gasteiger partial charge on any atom is 0.254 e. The number of hydrogen-bond donors (Lipinski definition) is 2. The summed E-state index contributed by atoms with van der Waals surface area (Å²) in [6.45, 7) is 1.53. The molecular formula is C18H20F2N2OS. The fraction of sp³-hybridized carbons (Fsp3) is 0.389. The van der Waals surface area contributed by atoms with E-state index in [-0.39, 0.29) is 18.0 Å². The van der Waals surface area contributed by atoms with Crippen LogP contribution < -0.4 is 10.6 Å². The summed E-state index contributed by atoms with van der Waals surface area (Å²) in [5.41, 5.74) is 0.685. The van der Waals surface area contributed by atoms with Crippen molar-refractivity contribution in [3.05, 3.63) is 47.1 Å². The summed E-state index contributed by atoms with van der Waals surface area (Å²) in [4.78, 5) is 13.1. The highest BCUT2D eigenvalue weighted by molar-refractivity contribution is 7.13. The SMILES string of the molecule is O=C(NCC(F)C1CCNCC1)c1ccc(-c2cccs2)cc1F. The number of carbonyl (C=O) groups excluding carboxylic acids is 1. The highest BCUT2D eigenvalue weighted by Gasteiger charge is 2.24. The molecule has 3 rings (SSSR count). The van der Waals surface area contributed by atoms with E-state index >= 15 is 0 Å². The normalized spacial score (nSPS) is 16.8. The quantitative estimate of drug-likeness (QED) is 0.865. The van der Waals surface area contributed by atoms with E-state index in [2.05, 4.69) is 10.6 Å². The Morgan fingerprint density at radius 1 is 1.33 bits per heavy atom. The Morgan fingerprint density at radius 2 is 2.12 bits per heavy atom. The number of thiophene rings is 1. The van der Waals surface area contributed by atoms with Crippen LogP contribution in [0.2, 0.25) is 0 Å². The molecule has 1 atom stereocenters. The minimum Gasteiger partial charge on any atom is -0.349 e. The van der Waals surface area contributed by atoms with Crippen LogP contribution in [-0.4, -0.2) is 31.7 Å². The van der Waals surface area contributed by atoms with Crippen LogP contribution in [-0.2, 0) is 0 Å². The van der Waals surface area contributed by atoms with Gasteiger partial charge >= 0.3 is 0 Å². The van der Waals surface area contributed by atoms with Crippen LogP contribution in [0.4, 0.5) is 8.78 Å². The number of rotatable bonds is 5. The summed E-state index contributed by atoms with van der Waals surface area (Å²) in [5.74, 6) is -1.20. The molecule has 1 amide bonds. The van der Waals surface area contributed by atoms with Gasteiger partial charge in [0.05, 0.1) is 5.56 Å². The molecule has 0 saturated carbocycles. The molecule has 0 spiro atoms. The first-order valence-electron chi connectivity index (χ1n) is 8.11. The predicted molar refractivity (Wildman–Crippen MR) is 92.5 cm³/mol. The average Bonchev–Trinajstić information content (AvgIpc) is 3.14. The molecule has 1 aromatic heterocycles. The molecule has 3 nitrogen and oxygen atoms in total. The topological polar surface area (TPSA) is 41.1 Å². The van der Waals surface area contributed by atoms with Crippen molar-refractivity contribution in [1.29, 1.82) is 0 Å². The molecule has 1 fully saturated rings. The van der Waals surface area contributed by atoms with Crippen molar-refractivity contribution >= 4 is 17.2 Å². The number of nitrogens with one attached hydrogen (secondary N) is 2. The second-order valence-electron chi connectivity index (χ2n) is 5.99. The lowest BCUT2D eigenvalue weighted by Crippen LogP contribution is -2.39. The van der Waals surface area contributed by atoms with Gasteiger partial charge in [0.15, 0.2) is 0 Å². The van der Waals surface area contributed by atoms with Gasteiger partial charge in [0.2, 0.25) is 0 Å². The third-order valence-corrected chi connectivity index (χ3v) is 5.29. The molecule has 2 N–H and O–H groups in total. The molecule has 1 aliphatic heterocycles. The first-order chi connectivity index (χ1) is 11.6. The van der Waals surface area contributed by atoms with E-state index in [4.69, 9.17) is 0 Å². The van der Waals surface area contributed by atoms with Crippen molar-refractivity contribution in [2.24, 2.45) is 5.92 Å². The lowest BCUT2D eigenvalue weighted by Gasteiger charge is -2.25. The largest absolute Gasteiger partial charge is 0.349 e. The molecule has 1 unspecified atom stereocenters. The van der Waals surface area contributed by atoms with Crippen LogP contribution in [0.3, 0.4) is 0 Å². The highest BCUT2D eigenvalue weighted by Crippen LogP contribution is 2.26. The van der Waals surface area contributed by atoms with Gasteiger partial charge < -0.3 is 10.6 Å². The standard InChI is InChI=1S/C18H20F2N2OS/c19-15-10-13(17-2-1-9-24-17)3-4-14(15)18(23)22-11-16(20)12-5-7-21-8-6-12/h1-4,9-10,12,16,21H,5-8,11H2,(H,22,23). The van der Waals surface area contributed by atoms with Crippen molar-refractivity contribution in [2.75, 3.05) is 19.6 Å². The summed E-state index contributed by atoms with van der Waals surface area (Å²) in [6.07, 6.45) is 0.437. The van der Waals surface area contributed by atoms with Gasteiger partial charge in [0, 0.05) is 11.4 Å². The minimum atomic E-state index is -1.09. The van der Waals surface area contributed by atoms with E-state index in [9.17, 15) is 13.6 Å². The fourth-order valence-corrected chi connectivity index (χ4v) is 3.68. The van der Waals surface area contributed by atoms with Crippen molar-refractivity contribution in [1.82, 2.24) is 10.6 Å². The average molecular weight is 350 g/mol. The molecular weight excluding hydrogens is 330 g/mol. The van der Waals surface area contributed by atoms with Crippen molar-refractivity contribution < 1.29 is 13.6 Å². The summed E-state index contributed by atoms with van der Waals surface area (Å²) >= 11 is 1.51. The first-order valence-corrected chi connectivity index (χ1v) is 8.99. The molecule has 24 heavy (non-hydrogen) atoms. The first kappa shape index (κ1) is 17.0. The lowest BCUT2D eigenvalue weighted by atomic mass is 9.93. The van der Waals surface area contributed by atoms with Gasteiger partial charge in [-0.15, -0.1) is 11.3 Å². The molecule has 1 aromatic carbocycles. The molecule has 0 radical (unpaired) electrons. The van der Waals surface area contributed by atoms with Gasteiger partial charge in [-0.1, -0.05) is 12.1 Å². The number of carbonyl (C=O) groups is 1. The Labute approximate surface area is 144 Å². The summed E-state index contributed by atoms with van der Waals surface area (Å²) in [6, 6.07) is 8.30. The van der Waals surface area contributed by atoms with E-state index in [0.29, 0.717) is 0 Å². The van der Waals surface area contributed by atoms with Crippen LogP contribution in [0.1, 0.15) is 23.2 Å². The van der Waals surface area contributed by atoms with Crippen LogP contribution in [0, 0.1) is 11.7 Å². The molecule has 0 bridgehead atoms. The molecule has 1 saturated heterocycles. The Morgan fingerprint density at radius 3 is 2.79 bits per heavy atom. The van der Waals surface area contributed by atoms with E-state index < -0.39 is 17.9 Å². The van der Waals surface area contributed by atoms with Gasteiger partial charge in [0.1, 0.15) is 12.0 Å².